The van der Waals surface area contributed by atoms with Crippen molar-refractivity contribution in [3.05, 3.63) is 37.8 Å². The zero-order chi connectivity index (χ0) is 27.6. The van der Waals surface area contributed by atoms with Crippen molar-refractivity contribution in [2.24, 2.45) is 12.2 Å². The Morgan fingerprint density at radius 2 is 2.16 bits per heavy atom. The second-order valence-electron chi connectivity index (χ2n) is 7.48. The van der Waals surface area contributed by atoms with Gasteiger partial charge in [0, 0.05) is 30.1 Å². The van der Waals surface area contributed by atoms with Gasteiger partial charge in [-0.1, -0.05) is 22.8 Å². The minimum absolute atomic E-state index is 0.0740. The maximum Gasteiger partial charge on any atom is 0.352 e. The SMILES string of the molecule is C#CCON=C(C(=O)NC1C(=O)N2C(C(=O)O)=C(CSc3nc(=O)c(=O)[nH]n3C)CS[C@@H]12)c1nsc(N)n1. The largest absolute Gasteiger partial charge is 0.477 e. The van der Waals surface area contributed by atoms with Crippen molar-refractivity contribution in [2.75, 3.05) is 23.8 Å². The number of amides is 2. The van der Waals surface area contributed by atoms with E-state index >= 15 is 0 Å². The summed E-state index contributed by atoms with van der Waals surface area (Å²) in [6.07, 6.45) is 5.13. The Kier molecular flexibility index (Phi) is 7.84. The van der Waals surface area contributed by atoms with E-state index in [1.807, 2.05) is 0 Å². The summed E-state index contributed by atoms with van der Waals surface area (Å²) in [6.45, 7) is -0.235. The van der Waals surface area contributed by atoms with Crippen LogP contribution >= 0.6 is 35.1 Å². The van der Waals surface area contributed by atoms with E-state index in [0.717, 1.165) is 28.2 Å². The third-order valence-electron chi connectivity index (χ3n) is 5.03. The number of carbonyl (C=O) groups is 3. The predicted molar refractivity (Wildman–Crippen MR) is 136 cm³/mol. The number of oxime groups is 1. The summed E-state index contributed by atoms with van der Waals surface area (Å²) >= 11 is 3.08. The molecule has 19 heteroatoms. The van der Waals surface area contributed by atoms with E-state index in [0.29, 0.717) is 5.57 Å². The third-order valence-corrected chi connectivity index (χ3v) is 8.03. The maximum absolute atomic E-state index is 13.0. The molecular formula is C19H17N9O7S3. The molecule has 2 aromatic rings. The number of carbonyl (C=O) groups excluding carboxylic acids is 2. The Morgan fingerprint density at radius 3 is 2.82 bits per heavy atom. The number of carboxylic acid groups (broad SMARTS) is 1. The van der Waals surface area contributed by atoms with Crippen LogP contribution in [-0.4, -0.2) is 87.2 Å². The second kappa shape index (κ2) is 11.1. The quantitative estimate of drug-likeness (QED) is 0.0470. The number of hydrogen-bond donors (Lipinski definition) is 4. The average molecular weight is 580 g/mol. The van der Waals surface area contributed by atoms with Crippen LogP contribution in [0.3, 0.4) is 0 Å². The van der Waals surface area contributed by atoms with Gasteiger partial charge in [0.2, 0.25) is 11.5 Å². The lowest BCUT2D eigenvalue weighted by Crippen LogP contribution is -2.71. The number of aryl methyl sites for hydroxylation is 1. The molecule has 4 heterocycles. The molecule has 1 unspecified atom stereocenters. The number of fused-ring (bicyclic) bond motifs is 1. The molecule has 2 amide bonds. The number of nitrogens with one attached hydrogen (secondary N) is 2. The second-order valence-corrected chi connectivity index (χ2v) is 10.3. The maximum atomic E-state index is 13.0. The van der Waals surface area contributed by atoms with Crippen LogP contribution < -0.4 is 22.2 Å². The molecule has 1 fully saturated rings. The summed E-state index contributed by atoms with van der Waals surface area (Å²) in [5.74, 6) is -0.479. The van der Waals surface area contributed by atoms with E-state index in [2.05, 4.69) is 35.8 Å². The number of H-pyrrole nitrogens is 1. The highest BCUT2D eigenvalue weighted by Gasteiger charge is 2.54. The molecular weight excluding hydrogens is 562 g/mol. The lowest BCUT2D eigenvalue weighted by molar-refractivity contribution is -0.150. The van der Waals surface area contributed by atoms with Gasteiger partial charge in [0.25, 0.3) is 11.8 Å². The lowest BCUT2D eigenvalue weighted by Gasteiger charge is -2.49. The first-order valence-electron chi connectivity index (χ1n) is 10.4. The van der Waals surface area contributed by atoms with Crippen molar-refractivity contribution in [3.8, 4) is 12.3 Å². The molecule has 0 saturated carbocycles. The van der Waals surface area contributed by atoms with E-state index in [1.165, 1.54) is 23.5 Å². The van der Waals surface area contributed by atoms with Crippen LogP contribution in [0.2, 0.25) is 0 Å². The monoisotopic (exact) mass is 579 g/mol. The van der Waals surface area contributed by atoms with Crippen LogP contribution in [0.25, 0.3) is 0 Å². The van der Waals surface area contributed by atoms with Crippen LogP contribution in [0.5, 0.6) is 0 Å². The lowest BCUT2D eigenvalue weighted by atomic mass is 10.0. The number of thioether (sulfide) groups is 2. The van der Waals surface area contributed by atoms with Gasteiger partial charge in [-0.2, -0.15) is 14.3 Å². The van der Waals surface area contributed by atoms with Crippen molar-refractivity contribution < 1.29 is 24.3 Å². The Balaban J connectivity index is 1.51. The average Bonchev–Trinajstić information content (AvgIpc) is 3.31. The molecule has 0 aromatic carbocycles. The summed E-state index contributed by atoms with van der Waals surface area (Å²) < 4.78 is 5.16. The highest BCUT2D eigenvalue weighted by atomic mass is 32.2. The van der Waals surface area contributed by atoms with Crippen molar-refractivity contribution >= 4 is 63.7 Å². The molecule has 0 bridgehead atoms. The number of nitrogens with zero attached hydrogens (tertiary/aromatic N) is 6. The summed E-state index contributed by atoms with van der Waals surface area (Å²) in [5.41, 5.74) is 3.53. The number of aromatic nitrogens is 5. The summed E-state index contributed by atoms with van der Waals surface area (Å²) in [5, 5.41) is 17.9. The van der Waals surface area contributed by atoms with Crippen LogP contribution in [0.4, 0.5) is 5.13 Å². The molecule has 38 heavy (non-hydrogen) atoms. The Labute approximate surface area is 224 Å². The number of hydrogen-bond acceptors (Lipinski definition) is 14. The highest BCUT2D eigenvalue weighted by molar-refractivity contribution is 8.01. The first-order valence-corrected chi connectivity index (χ1v) is 13.2. The third kappa shape index (κ3) is 5.27. The molecule has 4 rings (SSSR count). The minimum Gasteiger partial charge on any atom is -0.477 e. The van der Waals surface area contributed by atoms with Crippen molar-refractivity contribution in [3.63, 3.8) is 0 Å². The van der Waals surface area contributed by atoms with E-state index in [4.69, 9.17) is 17.0 Å². The Bertz CT molecular complexity index is 1540. The first-order chi connectivity index (χ1) is 18.1. The molecule has 16 nitrogen and oxygen atoms in total. The van der Waals surface area contributed by atoms with Crippen LogP contribution in [0.15, 0.2) is 31.2 Å². The minimum atomic E-state index is -1.33. The number of nitrogens with two attached hydrogens (primary N) is 1. The van der Waals surface area contributed by atoms with Gasteiger partial charge < -0.3 is 21.0 Å². The fourth-order valence-electron chi connectivity index (χ4n) is 3.39. The fraction of sp³-hybridized carbons (Fsp3) is 0.316. The molecule has 0 radical (unpaired) electrons. The van der Waals surface area contributed by atoms with Gasteiger partial charge in [-0.15, -0.1) is 18.2 Å². The van der Waals surface area contributed by atoms with E-state index < -0.39 is 40.3 Å². The molecule has 0 aliphatic carbocycles. The molecule has 5 N–H and O–H groups in total. The van der Waals surface area contributed by atoms with E-state index in [-0.39, 0.29) is 45.6 Å². The van der Waals surface area contributed by atoms with Gasteiger partial charge >= 0.3 is 17.1 Å². The number of β-lactam (4-membered cyclic amide) rings is 1. The fourth-order valence-corrected chi connectivity index (χ4v) is 6.23. The molecule has 2 aromatic heterocycles. The molecule has 0 spiro atoms. The zero-order valence-corrected chi connectivity index (χ0v) is 21.7. The van der Waals surface area contributed by atoms with Crippen LogP contribution in [0, 0.1) is 12.3 Å². The predicted octanol–water partition coefficient (Wildman–Crippen LogP) is -2.21. The summed E-state index contributed by atoms with van der Waals surface area (Å²) in [6, 6.07) is -1.06. The first kappa shape index (κ1) is 26.9. The molecule has 2 aliphatic rings. The summed E-state index contributed by atoms with van der Waals surface area (Å²) in [4.78, 5) is 74.5. The number of anilines is 1. The molecule has 1 saturated heterocycles. The topological polar surface area (TPSA) is 228 Å². The number of aliphatic carboxylic acids is 1. The smallest absolute Gasteiger partial charge is 0.352 e. The number of rotatable bonds is 9. The number of carboxylic acids is 1. The van der Waals surface area contributed by atoms with Gasteiger partial charge in [-0.05, 0) is 5.57 Å². The van der Waals surface area contributed by atoms with Gasteiger partial charge in [0.05, 0.1) is 0 Å². The van der Waals surface area contributed by atoms with Gasteiger partial charge in [0.15, 0.2) is 16.9 Å². The Morgan fingerprint density at radius 1 is 1.39 bits per heavy atom. The van der Waals surface area contributed by atoms with E-state index in [1.54, 1.807) is 0 Å². The standard InChI is InChI=1S/C19H17N9O7S3/c1-3-4-35-25-8(11-22-18(20)38-26-11)12(29)21-9-15(32)28-10(17(33)34)7(5-36-16(9)28)6-37-19-23-13(30)14(31)24-27(19)2/h1,9,16H,4-6H2,2H3,(H,21,29)(H,24,31)(H,33,34)(H2,20,22,26)/t9?,16-/m0/s1. The van der Waals surface area contributed by atoms with Gasteiger partial charge in [0.1, 0.15) is 17.1 Å². The van der Waals surface area contributed by atoms with Crippen LogP contribution in [0.1, 0.15) is 5.82 Å². The van der Waals surface area contributed by atoms with Gasteiger partial charge in [-0.3, -0.25) is 33.9 Å². The molecule has 2 atom stereocenters. The van der Waals surface area contributed by atoms with Crippen molar-refractivity contribution in [2.45, 2.75) is 16.6 Å². The molecule has 198 valence electrons. The number of terminal acetylenes is 1. The van der Waals surface area contributed by atoms with E-state index in [9.17, 15) is 29.1 Å². The molecule has 2 aliphatic heterocycles. The van der Waals surface area contributed by atoms with Crippen molar-refractivity contribution in [1.29, 1.82) is 0 Å². The highest BCUT2D eigenvalue weighted by Crippen LogP contribution is 2.41. The van der Waals surface area contributed by atoms with Gasteiger partial charge in [-0.25, -0.2) is 4.79 Å². The number of aromatic amines is 1. The normalized spacial score (nSPS) is 18.9. The summed E-state index contributed by atoms with van der Waals surface area (Å²) in [7, 11) is 1.48. The Hall–Kier alpha value is -4.15. The zero-order valence-electron chi connectivity index (χ0n) is 19.2. The number of nitrogen functional groups attached to an aromatic ring is 1. The van der Waals surface area contributed by atoms with Crippen molar-refractivity contribution in [1.82, 2.24) is 34.3 Å². The van der Waals surface area contributed by atoms with Crippen LogP contribution in [-0.2, 0) is 26.3 Å².